The summed E-state index contributed by atoms with van der Waals surface area (Å²) < 4.78 is 3.86. The maximum atomic E-state index is 11.4. The van der Waals surface area contributed by atoms with E-state index in [1.807, 2.05) is 18.2 Å². The molecule has 1 N–H and O–H groups in total. The van der Waals surface area contributed by atoms with Gasteiger partial charge in [0.1, 0.15) is 0 Å². The summed E-state index contributed by atoms with van der Waals surface area (Å²) in [4.78, 5) is 11.4. The average molecular weight is 379 g/mol. The van der Waals surface area contributed by atoms with E-state index in [-0.39, 0.29) is 6.42 Å². The standard InChI is InChI=1S/C21H19AsO2/c23-21(24)16-17-22(18-10-4-1-5-11-18,19-12-6-2-7-13-19)20-14-8-3-9-15-20/h1-15H,16-17H2/p+1. The first-order chi connectivity index (χ1) is 11.7. The van der Waals surface area contributed by atoms with Gasteiger partial charge in [-0.1, -0.05) is 0 Å². The van der Waals surface area contributed by atoms with Crippen molar-refractivity contribution in [1.29, 1.82) is 0 Å². The number of hydrogen-bond donors (Lipinski definition) is 1. The second-order valence-corrected chi connectivity index (χ2v) is 13.3. The third-order valence-corrected chi connectivity index (χ3v) is 13.6. The topological polar surface area (TPSA) is 37.3 Å². The zero-order chi connectivity index (χ0) is 16.8. The molecule has 0 saturated heterocycles. The molecule has 0 aliphatic heterocycles. The molecule has 0 aromatic heterocycles. The van der Waals surface area contributed by atoms with Gasteiger partial charge in [0, 0.05) is 0 Å². The van der Waals surface area contributed by atoms with Crippen molar-refractivity contribution in [2.75, 3.05) is 0 Å². The summed E-state index contributed by atoms with van der Waals surface area (Å²) in [5.74, 6) is -0.733. The Morgan fingerprint density at radius 3 is 1.29 bits per heavy atom. The second-order valence-electron chi connectivity index (χ2n) is 5.68. The van der Waals surface area contributed by atoms with Gasteiger partial charge in [0.15, 0.2) is 0 Å². The number of carboxylic acids is 1. The third kappa shape index (κ3) is 3.29. The van der Waals surface area contributed by atoms with Crippen molar-refractivity contribution in [3.05, 3.63) is 91.0 Å². The number of hydrogen-bond acceptors (Lipinski definition) is 1. The van der Waals surface area contributed by atoms with Crippen LogP contribution >= 0.6 is 0 Å². The van der Waals surface area contributed by atoms with Gasteiger partial charge < -0.3 is 0 Å². The van der Waals surface area contributed by atoms with Gasteiger partial charge in [-0.3, -0.25) is 0 Å². The van der Waals surface area contributed by atoms with Gasteiger partial charge in [0.05, 0.1) is 0 Å². The van der Waals surface area contributed by atoms with Crippen molar-refractivity contribution in [3.8, 4) is 0 Å². The summed E-state index contributed by atoms with van der Waals surface area (Å²) in [6.07, 6.45) is 0.186. The van der Waals surface area contributed by atoms with Crippen LogP contribution in [-0.2, 0) is 4.79 Å². The van der Waals surface area contributed by atoms with E-state index in [0.29, 0.717) is 5.21 Å². The monoisotopic (exact) mass is 379 g/mol. The Kier molecular flexibility index (Phi) is 5.17. The molecule has 3 heteroatoms. The van der Waals surface area contributed by atoms with Gasteiger partial charge in [-0.05, 0) is 0 Å². The Balaban J connectivity index is 2.26. The fourth-order valence-electron chi connectivity index (χ4n) is 3.15. The summed E-state index contributed by atoms with van der Waals surface area (Å²) >= 11 is -2.82. The molecule has 0 heterocycles. The number of aliphatic carboxylic acids is 1. The second kappa shape index (κ2) is 7.51. The van der Waals surface area contributed by atoms with E-state index in [1.54, 1.807) is 0 Å². The van der Waals surface area contributed by atoms with Crippen molar-refractivity contribution >= 4 is 32.6 Å². The minimum atomic E-state index is -2.82. The van der Waals surface area contributed by atoms with Crippen LogP contribution in [0.5, 0.6) is 0 Å². The van der Waals surface area contributed by atoms with Crippen LogP contribution < -0.4 is 13.1 Å². The molecule has 0 bridgehead atoms. The van der Waals surface area contributed by atoms with Gasteiger partial charge in [-0.25, -0.2) is 0 Å². The van der Waals surface area contributed by atoms with Gasteiger partial charge in [-0.2, -0.15) is 0 Å². The Labute approximate surface area is 145 Å². The minimum absolute atomic E-state index is 0.186. The molecule has 3 aromatic rings. The SMILES string of the molecule is O=C(O)CC[As+](c1ccccc1)(c1ccccc1)c1ccccc1. The maximum absolute atomic E-state index is 11.4. The molecule has 2 nitrogen and oxygen atoms in total. The summed E-state index contributed by atoms with van der Waals surface area (Å²) in [7, 11) is 0. The Morgan fingerprint density at radius 2 is 1.00 bits per heavy atom. The molecule has 24 heavy (non-hydrogen) atoms. The van der Waals surface area contributed by atoms with Crippen LogP contribution in [0.4, 0.5) is 0 Å². The van der Waals surface area contributed by atoms with Gasteiger partial charge in [0.25, 0.3) is 0 Å². The molecule has 0 atom stereocenters. The van der Waals surface area contributed by atoms with Crippen LogP contribution in [0.25, 0.3) is 0 Å². The van der Waals surface area contributed by atoms with Crippen molar-refractivity contribution in [1.82, 2.24) is 0 Å². The molecule has 0 fully saturated rings. The van der Waals surface area contributed by atoms with Crippen molar-refractivity contribution in [3.63, 3.8) is 0 Å². The number of rotatable bonds is 6. The van der Waals surface area contributed by atoms with Crippen LogP contribution in [0, 0.1) is 0 Å². The Morgan fingerprint density at radius 1 is 0.667 bits per heavy atom. The summed E-state index contributed by atoms with van der Waals surface area (Å²) in [6, 6.07) is 31.3. The van der Waals surface area contributed by atoms with E-state index in [2.05, 4.69) is 72.8 Å². The van der Waals surface area contributed by atoms with E-state index in [1.165, 1.54) is 13.1 Å². The molecule has 120 valence electrons. The van der Waals surface area contributed by atoms with Crippen LogP contribution in [-0.4, -0.2) is 24.6 Å². The molecular formula is C21H20AsO2+. The van der Waals surface area contributed by atoms with Crippen LogP contribution in [0.15, 0.2) is 91.0 Å². The van der Waals surface area contributed by atoms with E-state index in [4.69, 9.17) is 0 Å². The van der Waals surface area contributed by atoms with E-state index in [0.717, 1.165) is 0 Å². The summed E-state index contributed by atoms with van der Waals surface area (Å²) in [6.45, 7) is 0. The number of benzene rings is 3. The van der Waals surface area contributed by atoms with E-state index >= 15 is 0 Å². The fraction of sp³-hybridized carbons (Fsp3) is 0.0952. The first-order valence-electron chi connectivity index (χ1n) is 8.00. The predicted octanol–water partition coefficient (Wildman–Crippen LogP) is 2.63. The van der Waals surface area contributed by atoms with Crippen molar-refractivity contribution in [2.24, 2.45) is 0 Å². The average Bonchev–Trinajstić information content (AvgIpc) is 2.65. The Bertz CT molecular complexity index is 689. The zero-order valence-electron chi connectivity index (χ0n) is 13.4. The first-order valence-corrected chi connectivity index (χ1v) is 12.1. The molecule has 3 aromatic carbocycles. The zero-order valence-corrected chi connectivity index (χ0v) is 15.3. The predicted molar refractivity (Wildman–Crippen MR) is 101 cm³/mol. The van der Waals surface area contributed by atoms with Crippen LogP contribution in [0.2, 0.25) is 5.21 Å². The van der Waals surface area contributed by atoms with Crippen molar-refractivity contribution in [2.45, 2.75) is 11.6 Å². The molecule has 0 unspecified atom stereocenters. The van der Waals surface area contributed by atoms with Crippen LogP contribution in [0.3, 0.4) is 0 Å². The van der Waals surface area contributed by atoms with Gasteiger partial charge in [0.2, 0.25) is 0 Å². The van der Waals surface area contributed by atoms with Crippen molar-refractivity contribution < 1.29 is 9.90 Å². The van der Waals surface area contributed by atoms with Gasteiger partial charge in [-0.15, -0.1) is 0 Å². The molecule has 0 aliphatic rings. The molecular weight excluding hydrogens is 359 g/mol. The normalized spacial score (nSPS) is 11.2. The molecule has 3 rings (SSSR count). The molecule has 0 spiro atoms. The number of carbonyl (C=O) groups is 1. The molecule has 0 amide bonds. The quantitative estimate of drug-likeness (QED) is 0.669. The summed E-state index contributed by atoms with van der Waals surface area (Å²) in [5.41, 5.74) is 0. The Hall–Kier alpha value is -2.31. The van der Waals surface area contributed by atoms with Gasteiger partial charge >= 0.3 is 145 Å². The van der Waals surface area contributed by atoms with E-state index < -0.39 is 19.5 Å². The third-order valence-electron chi connectivity index (χ3n) is 4.25. The fourth-order valence-corrected chi connectivity index (χ4v) is 12.0. The molecule has 0 saturated carbocycles. The molecule has 0 radical (unpaired) electrons. The molecule has 0 aliphatic carbocycles. The van der Waals surface area contributed by atoms with E-state index in [9.17, 15) is 9.90 Å². The first kappa shape index (κ1) is 16.5. The summed E-state index contributed by atoms with van der Waals surface area (Å²) in [5, 5.41) is 10.0. The van der Waals surface area contributed by atoms with Crippen LogP contribution in [0.1, 0.15) is 6.42 Å². The number of carboxylic acid groups (broad SMARTS) is 1.